The van der Waals surface area contributed by atoms with E-state index in [0.29, 0.717) is 6.42 Å². The average molecular weight is 174 g/mol. The van der Waals surface area contributed by atoms with E-state index in [9.17, 15) is 9.59 Å². The van der Waals surface area contributed by atoms with Crippen molar-refractivity contribution in [1.29, 1.82) is 0 Å². The lowest BCUT2D eigenvalue weighted by atomic mass is 9.92. The van der Waals surface area contributed by atoms with Crippen LogP contribution in [0.4, 0.5) is 0 Å². The Morgan fingerprint density at radius 2 is 1.92 bits per heavy atom. The van der Waals surface area contributed by atoms with Crippen molar-refractivity contribution in [1.82, 2.24) is 5.32 Å². The van der Waals surface area contributed by atoms with Gasteiger partial charge in [-0.2, -0.15) is 0 Å². The molecule has 0 aliphatic carbocycles. The zero-order valence-electron chi connectivity index (χ0n) is 7.81. The summed E-state index contributed by atoms with van der Waals surface area (Å²) in [6.45, 7) is 5.79. The van der Waals surface area contributed by atoms with Gasteiger partial charge in [0.25, 0.3) is 0 Å². The molecular weight excluding hydrogens is 156 g/mol. The standard InChI is InChI=1S/C8H16N2O2.H2/c1-8(2,3)4-7(12)10-5-6(9)11;/h4-5H2,1-3H3,(H2,9,11)(H,10,12);1H. The third kappa shape index (κ3) is 7.05. The molecule has 0 bridgehead atoms. The summed E-state index contributed by atoms with van der Waals surface area (Å²) in [5.74, 6) is -0.654. The van der Waals surface area contributed by atoms with E-state index in [0.717, 1.165) is 0 Å². The molecule has 0 saturated carbocycles. The second-order valence-corrected chi connectivity index (χ2v) is 3.98. The van der Waals surface area contributed by atoms with Gasteiger partial charge in [-0.15, -0.1) is 0 Å². The fraction of sp³-hybridized carbons (Fsp3) is 0.750. The van der Waals surface area contributed by atoms with Crippen LogP contribution < -0.4 is 11.1 Å². The molecule has 0 saturated heterocycles. The molecule has 0 aliphatic rings. The van der Waals surface area contributed by atoms with E-state index in [2.05, 4.69) is 5.32 Å². The second kappa shape index (κ2) is 4.09. The van der Waals surface area contributed by atoms with E-state index in [1.807, 2.05) is 20.8 Å². The maximum atomic E-state index is 11.0. The van der Waals surface area contributed by atoms with Gasteiger partial charge in [0.15, 0.2) is 0 Å². The highest BCUT2D eigenvalue weighted by atomic mass is 16.2. The van der Waals surface area contributed by atoms with E-state index >= 15 is 0 Å². The number of nitrogens with two attached hydrogens (primary N) is 1. The van der Waals surface area contributed by atoms with E-state index in [-0.39, 0.29) is 19.3 Å². The number of hydrogen-bond donors (Lipinski definition) is 2. The van der Waals surface area contributed by atoms with Crippen LogP contribution in [0.5, 0.6) is 0 Å². The maximum Gasteiger partial charge on any atom is 0.236 e. The van der Waals surface area contributed by atoms with Crippen LogP contribution in [0.25, 0.3) is 0 Å². The molecule has 4 nitrogen and oxygen atoms in total. The fourth-order valence-corrected chi connectivity index (χ4v) is 0.730. The van der Waals surface area contributed by atoms with Gasteiger partial charge in [0.1, 0.15) is 0 Å². The lowest BCUT2D eigenvalue weighted by Gasteiger charge is -2.16. The molecule has 0 unspecified atom stereocenters. The summed E-state index contributed by atoms with van der Waals surface area (Å²) in [6, 6.07) is 0. The normalized spacial score (nSPS) is 10.9. The molecule has 0 aliphatic heterocycles. The van der Waals surface area contributed by atoms with Gasteiger partial charge in [-0.05, 0) is 5.41 Å². The molecule has 0 rings (SSSR count). The van der Waals surface area contributed by atoms with Gasteiger partial charge in [0.05, 0.1) is 6.54 Å². The molecular formula is C8H18N2O2. The highest BCUT2D eigenvalue weighted by Crippen LogP contribution is 2.17. The third-order valence-corrected chi connectivity index (χ3v) is 1.15. The van der Waals surface area contributed by atoms with E-state index < -0.39 is 5.91 Å². The van der Waals surface area contributed by atoms with Crippen LogP contribution in [0, 0.1) is 5.41 Å². The van der Waals surface area contributed by atoms with Crippen LogP contribution in [-0.2, 0) is 9.59 Å². The quantitative estimate of drug-likeness (QED) is 0.644. The van der Waals surface area contributed by atoms with Crippen LogP contribution in [0.2, 0.25) is 0 Å². The predicted molar refractivity (Wildman–Crippen MR) is 48.4 cm³/mol. The molecule has 0 aromatic rings. The summed E-state index contributed by atoms with van der Waals surface area (Å²) in [7, 11) is 0. The predicted octanol–water partition coefficient (Wildman–Crippen LogP) is 0.270. The summed E-state index contributed by atoms with van der Waals surface area (Å²) in [5, 5.41) is 2.43. The summed E-state index contributed by atoms with van der Waals surface area (Å²) >= 11 is 0. The summed E-state index contributed by atoms with van der Waals surface area (Å²) in [5.41, 5.74) is 4.80. The van der Waals surface area contributed by atoms with Crippen molar-refractivity contribution in [2.75, 3.05) is 6.54 Å². The molecule has 0 aromatic heterocycles. The number of carbonyl (C=O) groups excluding carboxylic acids is 2. The third-order valence-electron chi connectivity index (χ3n) is 1.15. The molecule has 0 fully saturated rings. The van der Waals surface area contributed by atoms with Crippen LogP contribution >= 0.6 is 0 Å². The summed E-state index contributed by atoms with van der Waals surface area (Å²) < 4.78 is 0. The van der Waals surface area contributed by atoms with Crippen LogP contribution in [0.15, 0.2) is 0 Å². The lowest BCUT2D eigenvalue weighted by Crippen LogP contribution is -2.35. The van der Waals surface area contributed by atoms with Gasteiger partial charge in [0.2, 0.25) is 11.8 Å². The van der Waals surface area contributed by atoms with Crippen molar-refractivity contribution in [2.45, 2.75) is 27.2 Å². The first-order valence-corrected chi connectivity index (χ1v) is 3.86. The monoisotopic (exact) mass is 174 g/mol. The SMILES string of the molecule is CC(C)(C)CC(=O)NCC(N)=O.[HH]. The maximum absolute atomic E-state index is 11.0. The highest BCUT2D eigenvalue weighted by molar-refractivity contribution is 5.83. The van der Waals surface area contributed by atoms with Crippen LogP contribution in [-0.4, -0.2) is 18.4 Å². The first-order valence-electron chi connectivity index (χ1n) is 3.86. The fourth-order valence-electron chi connectivity index (χ4n) is 0.730. The molecule has 0 atom stereocenters. The Labute approximate surface area is 74.0 Å². The minimum Gasteiger partial charge on any atom is -0.368 e. The molecule has 0 radical (unpaired) electrons. The van der Waals surface area contributed by atoms with Crippen molar-refractivity contribution in [3.8, 4) is 0 Å². The Morgan fingerprint density at radius 3 is 2.25 bits per heavy atom. The summed E-state index contributed by atoms with van der Waals surface area (Å²) in [4.78, 5) is 21.3. The highest BCUT2D eigenvalue weighted by Gasteiger charge is 2.15. The molecule has 3 N–H and O–H groups in total. The second-order valence-electron chi connectivity index (χ2n) is 3.98. The number of primary amides is 1. The van der Waals surface area contributed by atoms with Gasteiger partial charge >= 0.3 is 0 Å². The van der Waals surface area contributed by atoms with Gasteiger partial charge < -0.3 is 11.1 Å². The molecule has 12 heavy (non-hydrogen) atoms. The van der Waals surface area contributed by atoms with Crippen molar-refractivity contribution >= 4 is 11.8 Å². The number of hydrogen-bond acceptors (Lipinski definition) is 2. The molecule has 2 amide bonds. The van der Waals surface area contributed by atoms with Crippen molar-refractivity contribution < 1.29 is 11.0 Å². The Balaban J connectivity index is 0. The zero-order chi connectivity index (χ0) is 9.78. The van der Waals surface area contributed by atoms with Crippen LogP contribution in [0.3, 0.4) is 0 Å². The Bertz CT molecular complexity index is 187. The average Bonchev–Trinajstić information content (AvgIpc) is 1.79. The first kappa shape index (κ1) is 10.9. The van der Waals surface area contributed by atoms with Gasteiger partial charge in [-0.25, -0.2) is 0 Å². The molecule has 4 heteroatoms. The number of rotatable bonds is 3. The van der Waals surface area contributed by atoms with Gasteiger partial charge in [-0.1, -0.05) is 20.8 Å². The topological polar surface area (TPSA) is 72.2 Å². The largest absolute Gasteiger partial charge is 0.368 e. The van der Waals surface area contributed by atoms with E-state index in [1.54, 1.807) is 0 Å². The smallest absolute Gasteiger partial charge is 0.236 e. The van der Waals surface area contributed by atoms with E-state index in [4.69, 9.17) is 5.73 Å². The molecule has 0 aromatic carbocycles. The zero-order valence-corrected chi connectivity index (χ0v) is 7.81. The number of nitrogens with one attached hydrogen (secondary N) is 1. The molecule has 0 spiro atoms. The van der Waals surface area contributed by atoms with Crippen molar-refractivity contribution in [3.05, 3.63) is 0 Å². The van der Waals surface area contributed by atoms with Gasteiger partial charge in [-0.3, -0.25) is 9.59 Å². The minimum atomic E-state index is -0.516. The first-order chi connectivity index (χ1) is 5.31. The Kier molecular flexibility index (Phi) is 3.73. The minimum absolute atomic E-state index is 0. The Hall–Kier alpha value is -1.06. The van der Waals surface area contributed by atoms with Gasteiger partial charge in [0, 0.05) is 7.85 Å². The van der Waals surface area contributed by atoms with Crippen molar-refractivity contribution in [3.63, 3.8) is 0 Å². The Morgan fingerprint density at radius 1 is 1.42 bits per heavy atom. The number of amides is 2. The lowest BCUT2D eigenvalue weighted by molar-refractivity contribution is -0.126. The van der Waals surface area contributed by atoms with Crippen LogP contribution in [0.1, 0.15) is 28.6 Å². The number of carbonyl (C=O) groups is 2. The molecule has 0 heterocycles. The molecule has 72 valence electrons. The summed E-state index contributed by atoms with van der Waals surface area (Å²) in [6.07, 6.45) is 0.403. The van der Waals surface area contributed by atoms with E-state index in [1.165, 1.54) is 0 Å². The van der Waals surface area contributed by atoms with Crippen molar-refractivity contribution in [2.24, 2.45) is 11.1 Å².